The first-order chi connectivity index (χ1) is 7.43. The van der Waals surface area contributed by atoms with E-state index in [-0.39, 0.29) is 0 Å². The third-order valence-electron chi connectivity index (χ3n) is 5.48. The second-order valence-electron chi connectivity index (χ2n) is 6.91. The van der Waals surface area contributed by atoms with Gasteiger partial charge in [0.15, 0.2) is 0 Å². The topological polar surface area (TPSA) is 20.2 Å². The molecule has 3 aliphatic rings. The summed E-state index contributed by atoms with van der Waals surface area (Å²) in [6.45, 7) is 9.06. The fraction of sp³-hybridized carbons (Fsp3) is 0.867. The van der Waals surface area contributed by atoms with Gasteiger partial charge < -0.3 is 5.11 Å². The van der Waals surface area contributed by atoms with Gasteiger partial charge in [-0.3, -0.25) is 0 Å². The van der Waals surface area contributed by atoms with Gasteiger partial charge in [0.05, 0.1) is 5.60 Å². The summed E-state index contributed by atoms with van der Waals surface area (Å²) in [5.74, 6) is 3.86. The van der Waals surface area contributed by atoms with Gasteiger partial charge >= 0.3 is 0 Å². The summed E-state index contributed by atoms with van der Waals surface area (Å²) in [4.78, 5) is 0. The molecule has 0 aliphatic heterocycles. The Bertz CT molecular complexity index is 350. The van der Waals surface area contributed by atoms with Crippen molar-refractivity contribution in [3.8, 4) is 0 Å². The molecule has 2 saturated carbocycles. The van der Waals surface area contributed by atoms with Crippen molar-refractivity contribution < 1.29 is 5.11 Å². The Morgan fingerprint density at radius 1 is 1.38 bits per heavy atom. The van der Waals surface area contributed by atoms with Crippen molar-refractivity contribution in [3.05, 3.63) is 11.1 Å². The molecular formula is C15H24O. The maximum atomic E-state index is 10.6. The largest absolute Gasteiger partial charge is 0.390 e. The van der Waals surface area contributed by atoms with E-state index >= 15 is 0 Å². The van der Waals surface area contributed by atoms with E-state index in [0.717, 1.165) is 36.5 Å². The molecule has 5 atom stereocenters. The standard InChI is InChI=1S/C15H24O/c1-8(2)12-11-7-9(3)10-5-6-15(4,16)14(10)13(11)12/h8,11-14,16H,5-7H2,1-4H3/t11-,12-,13-,14+,15-/m0/s1. The van der Waals surface area contributed by atoms with Gasteiger partial charge in [-0.2, -0.15) is 0 Å². The minimum absolute atomic E-state index is 0.413. The molecule has 0 saturated heterocycles. The maximum absolute atomic E-state index is 10.6. The highest BCUT2D eigenvalue weighted by Gasteiger charge is 2.63. The molecule has 0 aromatic rings. The molecule has 0 amide bonds. The van der Waals surface area contributed by atoms with Gasteiger partial charge in [0.25, 0.3) is 0 Å². The van der Waals surface area contributed by atoms with Crippen LogP contribution in [0.1, 0.15) is 47.0 Å². The summed E-state index contributed by atoms with van der Waals surface area (Å²) >= 11 is 0. The van der Waals surface area contributed by atoms with Gasteiger partial charge in [-0.05, 0) is 56.8 Å². The Morgan fingerprint density at radius 2 is 2.06 bits per heavy atom. The fourth-order valence-electron chi connectivity index (χ4n) is 4.79. The molecule has 16 heavy (non-hydrogen) atoms. The number of fused-ring (bicyclic) bond motifs is 3. The van der Waals surface area contributed by atoms with Crippen LogP contribution in [0.15, 0.2) is 11.1 Å². The second kappa shape index (κ2) is 3.13. The van der Waals surface area contributed by atoms with Crippen LogP contribution < -0.4 is 0 Å². The summed E-state index contributed by atoms with van der Waals surface area (Å²) in [6, 6.07) is 0. The van der Waals surface area contributed by atoms with Crippen molar-refractivity contribution in [2.24, 2.45) is 29.6 Å². The first-order valence-corrected chi connectivity index (χ1v) is 6.84. The Morgan fingerprint density at radius 3 is 2.69 bits per heavy atom. The van der Waals surface area contributed by atoms with E-state index in [0.29, 0.717) is 5.92 Å². The van der Waals surface area contributed by atoms with Crippen molar-refractivity contribution in [2.75, 3.05) is 0 Å². The first-order valence-electron chi connectivity index (χ1n) is 6.84. The average Bonchev–Trinajstić information content (AvgIpc) is 2.77. The Balaban J connectivity index is 1.95. The van der Waals surface area contributed by atoms with Crippen LogP contribution in [0.2, 0.25) is 0 Å². The Hall–Kier alpha value is -0.300. The summed E-state index contributed by atoms with van der Waals surface area (Å²) < 4.78 is 0. The van der Waals surface area contributed by atoms with E-state index < -0.39 is 5.60 Å². The minimum Gasteiger partial charge on any atom is -0.390 e. The van der Waals surface area contributed by atoms with Crippen molar-refractivity contribution in [2.45, 2.75) is 52.6 Å². The van der Waals surface area contributed by atoms with Gasteiger partial charge in [0.2, 0.25) is 0 Å². The van der Waals surface area contributed by atoms with E-state index in [1.165, 1.54) is 6.42 Å². The lowest BCUT2D eigenvalue weighted by atomic mass is 9.79. The summed E-state index contributed by atoms with van der Waals surface area (Å²) in [6.07, 6.45) is 3.45. The molecule has 0 radical (unpaired) electrons. The van der Waals surface area contributed by atoms with E-state index in [1.54, 1.807) is 11.1 Å². The third kappa shape index (κ3) is 1.27. The van der Waals surface area contributed by atoms with Gasteiger partial charge in [-0.15, -0.1) is 0 Å². The SMILES string of the molecule is CC1=C2CC[C@](C)(O)[C@H]2[C@H]2[C@@H](C1)[C@@H]2C(C)C. The van der Waals surface area contributed by atoms with Crippen LogP contribution in [0.5, 0.6) is 0 Å². The summed E-state index contributed by atoms with van der Waals surface area (Å²) in [5, 5.41) is 10.6. The van der Waals surface area contributed by atoms with Gasteiger partial charge in [-0.1, -0.05) is 25.0 Å². The molecule has 1 heteroatoms. The van der Waals surface area contributed by atoms with Crippen LogP contribution >= 0.6 is 0 Å². The van der Waals surface area contributed by atoms with Gasteiger partial charge in [-0.25, -0.2) is 0 Å². The van der Waals surface area contributed by atoms with Crippen LogP contribution in [0.25, 0.3) is 0 Å². The van der Waals surface area contributed by atoms with Crippen LogP contribution in [0.4, 0.5) is 0 Å². The number of allylic oxidation sites excluding steroid dienone is 1. The second-order valence-corrected chi connectivity index (χ2v) is 6.91. The lowest BCUT2D eigenvalue weighted by molar-refractivity contribution is 0.0151. The van der Waals surface area contributed by atoms with E-state index in [4.69, 9.17) is 0 Å². The zero-order chi connectivity index (χ0) is 11.7. The van der Waals surface area contributed by atoms with E-state index in [9.17, 15) is 5.11 Å². The number of hydrogen-bond donors (Lipinski definition) is 1. The molecule has 0 bridgehead atoms. The molecule has 0 spiro atoms. The Labute approximate surface area is 98.9 Å². The molecule has 0 unspecified atom stereocenters. The van der Waals surface area contributed by atoms with Crippen LogP contribution in [-0.2, 0) is 0 Å². The van der Waals surface area contributed by atoms with E-state index in [1.807, 2.05) is 0 Å². The summed E-state index contributed by atoms with van der Waals surface area (Å²) in [7, 11) is 0. The zero-order valence-electron chi connectivity index (χ0n) is 11.0. The molecule has 1 N–H and O–H groups in total. The predicted octanol–water partition coefficient (Wildman–Crippen LogP) is 3.39. The Kier molecular flexibility index (Phi) is 2.12. The highest BCUT2D eigenvalue weighted by atomic mass is 16.3. The van der Waals surface area contributed by atoms with Crippen molar-refractivity contribution in [1.29, 1.82) is 0 Å². The molecule has 3 rings (SSSR count). The van der Waals surface area contributed by atoms with Crippen molar-refractivity contribution >= 4 is 0 Å². The maximum Gasteiger partial charge on any atom is 0.0690 e. The predicted molar refractivity (Wildman–Crippen MR) is 66.0 cm³/mol. The van der Waals surface area contributed by atoms with Crippen LogP contribution in [0.3, 0.4) is 0 Å². The van der Waals surface area contributed by atoms with Crippen LogP contribution in [-0.4, -0.2) is 10.7 Å². The van der Waals surface area contributed by atoms with Crippen molar-refractivity contribution in [3.63, 3.8) is 0 Å². The lowest BCUT2D eigenvalue weighted by Crippen LogP contribution is -2.33. The number of rotatable bonds is 1. The monoisotopic (exact) mass is 220 g/mol. The molecule has 0 aromatic carbocycles. The third-order valence-corrected chi connectivity index (χ3v) is 5.48. The molecule has 90 valence electrons. The minimum atomic E-state index is -0.413. The highest BCUT2D eigenvalue weighted by molar-refractivity contribution is 5.33. The van der Waals surface area contributed by atoms with Crippen LogP contribution in [0, 0.1) is 29.6 Å². The zero-order valence-corrected chi connectivity index (χ0v) is 11.0. The fourth-order valence-corrected chi connectivity index (χ4v) is 4.79. The lowest BCUT2D eigenvalue weighted by Gasteiger charge is -2.30. The average molecular weight is 220 g/mol. The summed E-state index contributed by atoms with van der Waals surface area (Å²) in [5.41, 5.74) is 2.81. The smallest absolute Gasteiger partial charge is 0.0690 e. The number of aliphatic hydroxyl groups is 1. The molecule has 0 aromatic heterocycles. The molecule has 2 fully saturated rings. The first kappa shape index (κ1) is 10.8. The molecular weight excluding hydrogens is 196 g/mol. The molecule has 0 heterocycles. The molecule has 1 nitrogen and oxygen atoms in total. The normalized spacial score (nSPS) is 50.6. The number of hydrogen-bond acceptors (Lipinski definition) is 1. The quantitative estimate of drug-likeness (QED) is 0.672. The molecule has 3 aliphatic carbocycles. The van der Waals surface area contributed by atoms with Gasteiger partial charge in [0.1, 0.15) is 0 Å². The van der Waals surface area contributed by atoms with Crippen molar-refractivity contribution in [1.82, 2.24) is 0 Å². The van der Waals surface area contributed by atoms with Gasteiger partial charge in [0, 0.05) is 5.92 Å². The highest BCUT2D eigenvalue weighted by Crippen LogP contribution is 2.67. The van der Waals surface area contributed by atoms with E-state index in [2.05, 4.69) is 27.7 Å².